The molecule has 9 nitrogen and oxygen atoms in total. The number of hydrogen-bond donors (Lipinski definition) is 4. The first-order chi connectivity index (χ1) is 18.3. The van der Waals surface area contributed by atoms with Crippen LogP contribution < -0.4 is 5.48 Å². The summed E-state index contributed by atoms with van der Waals surface area (Å²) in [6.07, 6.45) is 0. The molecule has 2 amide bonds. The van der Waals surface area contributed by atoms with Gasteiger partial charge in [0.25, 0.3) is 11.8 Å². The second-order valence-electron chi connectivity index (χ2n) is 8.67. The van der Waals surface area contributed by atoms with Gasteiger partial charge in [0, 0.05) is 15.6 Å². The third kappa shape index (κ3) is 5.52. The van der Waals surface area contributed by atoms with Crippen LogP contribution in [0.1, 0.15) is 49.4 Å². The number of nitrogens with one attached hydrogen (secondary N) is 1. The highest BCUT2D eigenvalue weighted by atomic mass is 35.5. The molecule has 4 rings (SSSR count). The summed E-state index contributed by atoms with van der Waals surface area (Å²) in [4.78, 5) is 45.2. The van der Waals surface area contributed by atoms with Gasteiger partial charge < -0.3 is 20.2 Å². The SMILES string of the molecule is O=C(O)c1cccc(CONC(=O)[C@H]2c3ccccc3C(=O)N(C(CO)CO)[C@@H]2c2ccc(Cl)cc2Cl)c1. The lowest BCUT2D eigenvalue weighted by Crippen LogP contribution is -2.53. The molecule has 0 saturated heterocycles. The zero-order valence-corrected chi connectivity index (χ0v) is 21.4. The number of fused-ring (bicyclic) bond motifs is 1. The maximum atomic E-state index is 13.7. The Hall–Kier alpha value is -3.47. The molecule has 0 aromatic heterocycles. The predicted molar refractivity (Wildman–Crippen MR) is 139 cm³/mol. The summed E-state index contributed by atoms with van der Waals surface area (Å²) in [6.45, 7) is -1.24. The van der Waals surface area contributed by atoms with Gasteiger partial charge in [0.1, 0.15) is 0 Å². The zero-order valence-electron chi connectivity index (χ0n) is 19.9. The maximum Gasteiger partial charge on any atom is 0.335 e. The topological polar surface area (TPSA) is 136 Å². The summed E-state index contributed by atoms with van der Waals surface area (Å²) in [5.41, 5.74) is 4.03. The molecule has 1 heterocycles. The van der Waals surface area contributed by atoms with Crippen LogP contribution >= 0.6 is 23.2 Å². The molecular weight excluding hydrogens is 535 g/mol. The Bertz CT molecular complexity index is 1360. The van der Waals surface area contributed by atoms with Crippen LogP contribution in [0.2, 0.25) is 10.0 Å². The molecule has 0 fully saturated rings. The molecule has 0 unspecified atom stereocenters. The normalized spacial score (nSPS) is 16.9. The third-order valence-corrected chi connectivity index (χ3v) is 6.90. The second kappa shape index (κ2) is 11.9. The van der Waals surface area contributed by atoms with Gasteiger partial charge in [-0.25, -0.2) is 10.3 Å². The number of halogens is 2. The number of aliphatic hydroxyl groups excluding tert-OH is 2. The molecular formula is C27H24Cl2N2O7. The van der Waals surface area contributed by atoms with Crippen molar-refractivity contribution in [2.45, 2.75) is 24.6 Å². The number of carboxylic acids is 1. The molecule has 0 radical (unpaired) electrons. The van der Waals surface area contributed by atoms with E-state index in [9.17, 15) is 29.7 Å². The van der Waals surface area contributed by atoms with E-state index < -0.39 is 49.0 Å². The molecule has 1 aliphatic heterocycles. The van der Waals surface area contributed by atoms with E-state index >= 15 is 0 Å². The summed E-state index contributed by atoms with van der Waals surface area (Å²) < 4.78 is 0. The summed E-state index contributed by atoms with van der Waals surface area (Å²) in [5.74, 6) is -3.24. The molecule has 4 N–H and O–H groups in total. The smallest absolute Gasteiger partial charge is 0.335 e. The van der Waals surface area contributed by atoms with Gasteiger partial charge in [0.15, 0.2) is 0 Å². The molecule has 2 atom stereocenters. The van der Waals surface area contributed by atoms with Crippen molar-refractivity contribution in [3.63, 3.8) is 0 Å². The Balaban J connectivity index is 1.73. The Morgan fingerprint density at radius 2 is 1.71 bits per heavy atom. The lowest BCUT2D eigenvalue weighted by molar-refractivity contribution is -0.138. The summed E-state index contributed by atoms with van der Waals surface area (Å²) in [6, 6.07) is 15.2. The van der Waals surface area contributed by atoms with Gasteiger partial charge in [-0.05, 0) is 47.0 Å². The Kier molecular flexibility index (Phi) is 8.65. The molecule has 0 aliphatic carbocycles. The van der Waals surface area contributed by atoms with Crippen LogP contribution in [0.15, 0.2) is 66.7 Å². The molecule has 3 aromatic rings. The maximum absolute atomic E-state index is 13.7. The van der Waals surface area contributed by atoms with E-state index in [2.05, 4.69) is 5.48 Å². The fraction of sp³-hybridized carbons (Fsp3) is 0.222. The van der Waals surface area contributed by atoms with E-state index in [1.54, 1.807) is 48.5 Å². The van der Waals surface area contributed by atoms with E-state index in [1.807, 2.05) is 0 Å². The number of aliphatic hydroxyl groups is 2. The Morgan fingerprint density at radius 1 is 0.974 bits per heavy atom. The highest BCUT2D eigenvalue weighted by Crippen LogP contribution is 2.46. The highest BCUT2D eigenvalue weighted by molar-refractivity contribution is 6.35. The summed E-state index contributed by atoms with van der Waals surface area (Å²) in [5, 5.41) is 29.7. The fourth-order valence-corrected chi connectivity index (χ4v) is 5.11. The van der Waals surface area contributed by atoms with Crippen molar-refractivity contribution in [3.05, 3.63) is 105 Å². The van der Waals surface area contributed by atoms with Gasteiger partial charge in [-0.15, -0.1) is 0 Å². The first kappa shape index (κ1) is 27.6. The number of carbonyl (C=O) groups excluding carboxylic acids is 2. The number of benzene rings is 3. The van der Waals surface area contributed by atoms with Crippen LogP contribution in [-0.4, -0.2) is 57.3 Å². The fourth-order valence-electron chi connectivity index (χ4n) is 4.59. The highest BCUT2D eigenvalue weighted by Gasteiger charge is 2.47. The number of aromatic carboxylic acids is 1. The van der Waals surface area contributed by atoms with Crippen molar-refractivity contribution < 1.29 is 34.5 Å². The lowest BCUT2D eigenvalue weighted by atomic mass is 9.78. The number of carboxylic acid groups (broad SMARTS) is 1. The molecule has 38 heavy (non-hydrogen) atoms. The Morgan fingerprint density at radius 3 is 2.39 bits per heavy atom. The minimum atomic E-state index is -1.09. The largest absolute Gasteiger partial charge is 0.478 e. The number of carbonyl (C=O) groups is 3. The van der Waals surface area contributed by atoms with Gasteiger partial charge in [0.05, 0.1) is 43.4 Å². The van der Waals surface area contributed by atoms with Crippen molar-refractivity contribution in [1.82, 2.24) is 10.4 Å². The summed E-state index contributed by atoms with van der Waals surface area (Å²) in [7, 11) is 0. The zero-order chi connectivity index (χ0) is 27.4. The molecule has 11 heteroatoms. The molecule has 0 bridgehead atoms. The van der Waals surface area contributed by atoms with Crippen molar-refractivity contribution in [1.29, 1.82) is 0 Å². The molecule has 1 aliphatic rings. The van der Waals surface area contributed by atoms with Crippen LogP contribution in [0.5, 0.6) is 0 Å². The number of amides is 2. The van der Waals surface area contributed by atoms with Gasteiger partial charge in [-0.1, -0.05) is 59.6 Å². The second-order valence-corrected chi connectivity index (χ2v) is 9.51. The average Bonchev–Trinajstić information content (AvgIpc) is 2.90. The lowest BCUT2D eigenvalue weighted by Gasteiger charge is -2.45. The molecule has 0 spiro atoms. The molecule has 0 saturated carbocycles. The number of hydroxylamine groups is 1. The van der Waals surface area contributed by atoms with Crippen molar-refractivity contribution in [2.75, 3.05) is 13.2 Å². The quantitative estimate of drug-likeness (QED) is 0.294. The van der Waals surface area contributed by atoms with Crippen LogP contribution in [0.4, 0.5) is 0 Å². The average molecular weight is 559 g/mol. The van der Waals surface area contributed by atoms with Crippen LogP contribution in [0.3, 0.4) is 0 Å². The van der Waals surface area contributed by atoms with E-state index in [4.69, 9.17) is 28.0 Å². The summed E-state index contributed by atoms with van der Waals surface area (Å²) >= 11 is 12.6. The van der Waals surface area contributed by atoms with Crippen molar-refractivity contribution in [2.24, 2.45) is 0 Å². The van der Waals surface area contributed by atoms with Gasteiger partial charge in [0.2, 0.25) is 0 Å². The number of rotatable bonds is 9. The third-order valence-electron chi connectivity index (χ3n) is 6.34. The first-order valence-corrected chi connectivity index (χ1v) is 12.3. The van der Waals surface area contributed by atoms with Crippen molar-refractivity contribution in [3.8, 4) is 0 Å². The Labute approximate surface area is 228 Å². The minimum Gasteiger partial charge on any atom is -0.478 e. The van der Waals surface area contributed by atoms with Crippen LogP contribution in [-0.2, 0) is 16.2 Å². The van der Waals surface area contributed by atoms with E-state index in [0.29, 0.717) is 21.7 Å². The number of hydrogen-bond acceptors (Lipinski definition) is 6. The van der Waals surface area contributed by atoms with Gasteiger partial charge in [-0.3, -0.25) is 14.4 Å². The molecule has 3 aromatic carbocycles. The van der Waals surface area contributed by atoms with Gasteiger partial charge in [-0.2, -0.15) is 0 Å². The van der Waals surface area contributed by atoms with Gasteiger partial charge >= 0.3 is 5.97 Å². The van der Waals surface area contributed by atoms with E-state index in [0.717, 1.165) is 0 Å². The monoisotopic (exact) mass is 558 g/mol. The standard InChI is InChI=1S/C27H24Cl2N2O7/c28-17-8-9-21(22(29)11-17)24-23(25(34)30-38-14-15-4-3-5-16(10-15)27(36)37)19-6-1-2-7-20(19)26(35)31(24)18(12-32)13-33/h1-11,18,23-24,32-33H,12-14H2,(H,30,34)(H,36,37)/t23-,24+/m0/s1. The predicted octanol–water partition coefficient (Wildman–Crippen LogP) is 3.57. The minimum absolute atomic E-state index is 0.0734. The van der Waals surface area contributed by atoms with Crippen LogP contribution in [0.25, 0.3) is 0 Å². The van der Waals surface area contributed by atoms with Crippen LogP contribution in [0, 0.1) is 0 Å². The van der Waals surface area contributed by atoms with E-state index in [1.165, 1.54) is 23.1 Å². The number of nitrogens with zero attached hydrogens (tertiary/aromatic N) is 1. The first-order valence-electron chi connectivity index (χ1n) is 11.6. The van der Waals surface area contributed by atoms with E-state index in [-0.39, 0.29) is 22.8 Å². The van der Waals surface area contributed by atoms with Crippen molar-refractivity contribution >= 4 is 41.0 Å². The molecule has 198 valence electrons.